The quantitative estimate of drug-likeness (QED) is 0.595. The van der Waals surface area contributed by atoms with E-state index in [0.717, 1.165) is 11.1 Å². The van der Waals surface area contributed by atoms with Crippen molar-refractivity contribution >= 4 is 33.1 Å². The average Bonchev–Trinajstić information content (AvgIpc) is 3.04. The molecule has 0 saturated heterocycles. The van der Waals surface area contributed by atoms with Crippen molar-refractivity contribution in [1.82, 2.24) is 9.97 Å². The van der Waals surface area contributed by atoms with Crippen LogP contribution < -0.4 is 14.9 Å². The third-order valence-electron chi connectivity index (χ3n) is 5.45. The molecule has 8 nitrogen and oxygen atoms in total. The molecule has 3 aromatic rings. The predicted octanol–water partition coefficient (Wildman–Crippen LogP) is 3.40. The van der Waals surface area contributed by atoms with E-state index >= 15 is 0 Å². The van der Waals surface area contributed by atoms with E-state index in [2.05, 4.69) is 20.6 Å². The van der Waals surface area contributed by atoms with Crippen LogP contribution >= 0.6 is 0 Å². The van der Waals surface area contributed by atoms with Crippen molar-refractivity contribution in [3.05, 3.63) is 77.7 Å². The van der Waals surface area contributed by atoms with E-state index in [1.807, 2.05) is 32.0 Å². The van der Waals surface area contributed by atoms with Gasteiger partial charge in [0.05, 0.1) is 17.5 Å². The highest BCUT2D eigenvalue weighted by molar-refractivity contribution is 7.92. The van der Waals surface area contributed by atoms with Gasteiger partial charge in [-0.1, -0.05) is 19.9 Å². The van der Waals surface area contributed by atoms with Gasteiger partial charge in [-0.2, -0.15) is 0 Å². The molecule has 2 aromatic heterocycles. The van der Waals surface area contributed by atoms with Crippen LogP contribution in [0.3, 0.4) is 0 Å². The fraction of sp³-hybridized carbons (Fsp3) is 0.261. The zero-order valence-corrected chi connectivity index (χ0v) is 19.0. The second-order valence-electron chi connectivity index (χ2n) is 8.45. The molecule has 1 aliphatic heterocycles. The smallest absolute Gasteiger partial charge is 0.259 e. The Hall–Kier alpha value is -3.46. The van der Waals surface area contributed by atoms with Crippen LogP contribution in [0.1, 0.15) is 35.3 Å². The molecule has 0 atom stereocenters. The lowest BCUT2D eigenvalue weighted by atomic mass is 9.87. The summed E-state index contributed by atoms with van der Waals surface area (Å²) in [5.41, 5.74) is 3.14. The molecule has 0 saturated carbocycles. The highest BCUT2D eigenvalue weighted by Crippen LogP contribution is 2.43. The van der Waals surface area contributed by atoms with Crippen molar-refractivity contribution in [1.29, 1.82) is 0 Å². The minimum atomic E-state index is -3.43. The molecule has 9 heteroatoms. The van der Waals surface area contributed by atoms with Gasteiger partial charge < -0.3 is 10.6 Å². The number of amides is 1. The molecule has 1 aliphatic rings. The number of pyridine rings is 2. The third kappa shape index (κ3) is 4.43. The SMILES string of the molecule is CC1(C)CN(S(C)(=O)=O)c2cc(NC(=O)c3cccnc3NCc3ccncc3)ccc21. The lowest BCUT2D eigenvalue weighted by molar-refractivity contribution is 0.102. The number of hydrogen-bond donors (Lipinski definition) is 2. The first-order chi connectivity index (χ1) is 15.1. The molecule has 2 N–H and O–H groups in total. The second-order valence-corrected chi connectivity index (χ2v) is 10.4. The van der Waals surface area contributed by atoms with Crippen LogP contribution in [-0.4, -0.2) is 37.1 Å². The number of carbonyl (C=O) groups is 1. The van der Waals surface area contributed by atoms with Crippen LogP contribution in [-0.2, 0) is 22.0 Å². The Morgan fingerprint density at radius 1 is 1.12 bits per heavy atom. The summed E-state index contributed by atoms with van der Waals surface area (Å²) in [6, 6.07) is 12.5. The summed E-state index contributed by atoms with van der Waals surface area (Å²) in [7, 11) is -3.43. The van der Waals surface area contributed by atoms with Crippen molar-refractivity contribution in [2.75, 3.05) is 27.7 Å². The van der Waals surface area contributed by atoms with E-state index in [9.17, 15) is 13.2 Å². The molecule has 0 fully saturated rings. The lowest BCUT2D eigenvalue weighted by Gasteiger charge is -2.20. The molecule has 0 bridgehead atoms. The van der Waals surface area contributed by atoms with Gasteiger partial charge in [0, 0.05) is 42.8 Å². The maximum atomic E-state index is 13.0. The molecule has 0 radical (unpaired) electrons. The van der Waals surface area contributed by atoms with Gasteiger partial charge in [-0.25, -0.2) is 13.4 Å². The molecule has 0 unspecified atom stereocenters. The number of sulfonamides is 1. The van der Waals surface area contributed by atoms with Crippen LogP contribution in [0.15, 0.2) is 61.1 Å². The average molecular weight is 452 g/mol. The van der Waals surface area contributed by atoms with E-state index in [4.69, 9.17) is 0 Å². The Morgan fingerprint density at radius 2 is 1.88 bits per heavy atom. The van der Waals surface area contributed by atoms with Gasteiger partial charge in [0.15, 0.2) is 0 Å². The van der Waals surface area contributed by atoms with Crippen LogP contribution in [0.2, 0.25) is 0 Å². The van der Waals surface area contributed by atoms with Crippen molar-refractivity contribution < 1.29 is 13.2 Å². The van der Waals surface area contributed by atoms with Crippen LogP contribution in [0.25, 0.3) is 0 Å². The number of aromatic nitrogens is 2. The number of fused-ring (bicyclic) bond motifs is 1. The molecule has 4 rings (SSSR count). The van der Waals surface area contributed by atoms with Gasteiger partial charge in [0.1, 0.15) is 5.82 Å². The monoisotopic (exact) mass is 451 g/mol. The highest BCUT2D eigenvalue weighted by atomic mass is 32.2. The van der Waals surface area contributed by atoms with Gasteiger partial charge in [-0.05, 0) is 47.5 Å². The van der Waals surface area contributed by atoms with E-state index in [0.29, 0.717) is 35.8 Å². The Bertz CT molecular complexity index is 1260. The fourth-order valence-corrected chi connectivity index (χ4v) is 4.89. The van der Waals surface area contributed by atoms with E-state index < -0.39 is 10.0 Å². The number of hydrogen-bond acceptors (Lipinski definition) is 6. The number of nitrogens with one attached hydrogen (secondary N) is 2. The molecule has 32 heavy (non-hydrogen) atoms. The first-order valence-corrected chi connectivity index (χ1v) is 12.0. The second kappa shape index (κ2) is 8.23. The minimum absolute atomic E-state index is 0.311. The molecule has 0 aliphatic carbocycles. The maximum Gasteiger partial charge on any atom is 0.259 e. The van der Waals surface area contributed by atoms with Gasteiger partial charge in [0.25, 0.3) is 5.91 Å². The standard InChI is InChI=1S/C23H25N5O3S/c1-23(2)15-28(32(3,30)31)20-13-17(6-7-19(20)23)27-22(29)18-5-4-10-25-21(18)26-14-16-8-11-24-12-9-16/h4-13H,14-15H2,1-3H3,(H,25,26)(H,27,29). The topological polar surface area (TPSA) is 104 Å². The summed E-state index contributed by atoms with van der Waals surface area (Å²) in [5, 5.41) is 6.06. The maximum absolute atomic E-state index is 13.0. The molecule has 0 spiro atoms. The number of nitrogens with zero attached hydrogens (tertiary/aromatic N) is 3. The summed E-state index contributed by atoms with van der Waals surface area (Å²) in [5.74, 6) is 0.125. The predicted molar refractivity (Wildman–Crippen MR) is 125 cm³/mol. The summed E-state index contributed by atoms with van der Waals surface area (Å²) >= 11 is 0. The minimum Gasteiger partial charge on any atom is -0.365 e. The Balaban J connectivity index is 1.57. The van der Waals surface area contributed by atoms with Gasteiger partial charge >= 0.3 is 0 Å². The van der Waals surface area contributed by atoms with Crippen LogP contribution in [0.5, 0.6) is 0 Å². The first-order valence-electron chi connectivity index (χ1n) is 10.2. The van der Waals surface area contributed by atoms with Crippen molar-refractivity contribution in [2.45, 2.75) is 25.8 Å². The molecule has 1 amide bonds. The van der Waals surface area contributed by atoms with Gasteiger partial charge in [-0.3, -0.25) is 14.1 Å². The fourth-order valence-electron chi connectivity index (χ4n) is 3.83. The zero-order chi connectivity index (χ0) is 22.9. The highest BCUT2D eigenvalue weighted by Gasteiger charge is 2.39. The molecular weight excluding hydrogens is 426 g/mol. The molecule has 3 heterocycles. The summed E-state index contributed by atoms with van der Waals surface area (Å²) < 4.78 is 26.0. The number of carbonyl (C=O) groups excluding carboxylic acids is 1. The lowest BCUT2D eigenvalue weighted by Crippen LogP contribution is -2.33. The Kier molecular flexibility index (Phi) is 5.60. The third-order valence-corrected chi connectivity index (χ3v) is 6.58. The Labute approximate surface area is 187 Å². The summed E-state index contributed by atoms with van der Waals surface area (Å²) in [6.45, 7) is 4.87. The van der Waals surface area contributed by atoms with Crippen molar-refractivity contribution in [3.8, 4) is 0 Å². The molecule has 166 valence electrons. The number of anilines is 3. The number of rotatable bonds is 6. The van der Waals surface area contributed by atoms with Gasteiger partial charge in [0.2, 0.25) is 10.0 Å². The molecular formula is C23H25N5O3S. The van der Waals surface area contributed by atoms with Crippen molar-refractivity contribution in [3.63, 3.8) is 0 Å². The summed E-state index contributed by atoms with van der Waals surface area (Å²) in [4.78, 5) is 21.3. The van der Waals surface area contributed by atoms with Gasteiger partial charge in [-0.15, -0.1) is 0 Å². The van der Waals surface area contributed by atoms with Crippen molar-refractivity contribution in [2.24, 2.45) is 0 Å². The molecule has 1 aromatic carbocycles. The Morgan fingerprint density at radius 3 is 2.59 bits per heavy atom. The zero-order valence-electron chi connectivity index (χ0n) is 18.2. The first kappa shape index (κ1) is 21.8. The van der Waals surface area contributed by atoms with Crippen LogP contribution in [0, 0.1) is 0 Å². The van der Waals surface area contributed by atoms with E-state index in [1.165, 1.54) is 10.6 Å². The van der Waals surface area contributed by atoms with E-state index in [-0.39, 0.29) is 11.3 Å². The van der Waals surface area contributed by atoms with Crippen LogP contribution in [0.4, 0.5) is 17.2 Å². The number of benzene rings is 1. The normalized spacial score (nSPS) is 14.7. The van der Waals surface area contributed by atoms with E-state index in [1.54, 1.807) is 42.9 Å². The largest absolute Gasteiger partial charge is 0.365 e. The summed E-state index contributed by atoms with van der Waals surface area (Å²) in [6.07, 6.45) is 6.23.